The molecule has 0 rings (SSSR count). The minimum atomic E-state index is -0.150. The van der Waals surface area contributed by atoms with Crippen LogP contribution in [0.3, 0.4) is 0 Å². The van der Waals surface area contributed by atoms with Gasteiger partial charge in [-0.3, -0.25) is 4.79 Å². The molecule has 0 aromatic heterocycles. The molecule has 90 valence electrons. The first kappa shape index (κ1) is 14.4. The van der Waals surface area contributed by atoms with Crippen molar-refractivity contribution in [1.29, 1.82) is 0 Å². The molecular formula is C12H25NO2. The van der Waals surface area contributed by atoms with Gasteiger partial charge in [-0.1, -0.05) is 32.6 Å². The molecule has 1 unspecified atom stereocenters. The Balaban J connectivity index is 3.59. The molecule has 0 bridgehead atoms. The standard InChI is InChI=1S/C12H25NO2/c1-3-4-5-6-8-11(12(13)14)9-7-10-15-2/h11H,3-10H2,1-2H3,(H2,13,14). The maximum Gasteiger partial charge on any atom is 0.220 e. The fourth-order valence-electron chi connectivity index (χ4n) is 1.72. The molecule has 0 heterocycles. The molecule has 1 atom stereocenters. The maximum absolute atomic E-state index is 11.1. The number of methoxy groups -OCH3 is 1. The number of primary amides is 1. The zero-order chi connectivity index (χ0) is 11.5. The third kappa shape index (κ3) is 8.43. The number of unbranched alkanes of at least 4 members (excludes halogenated alkanes) is 3. The van der Waals surface area contributed by atoms with Gasteiger partial charge >= 0.3 is 0 Å². The molecular weight excluding hydrogens is 190 g/mol. The van der Waals surface area contributed by atoms with Gasteiger partial charge in [-0.25, -0.2) is 0 Å². The van der Waals surface area contributed by atoms with Crippen LogP contribution in [0.5, 0.6) is 0 Å². The van der Waals surface area contributed by atoms with Crippen molar-refractivity contribution in [3.8, 4) is 0 Å². The second-order valence-corrected chi connectivity index (χ2v) is 4.08. The second-order valence-electron chi connectivity index (χ2n) is 4.08. The van der Waals surface area contributed by atoms with Crippen LogP contribution in [-0.4, -0.2) is 19.6 Å². The monoisotopic (exact) mass is 215 g/mol. The van der Waals surface area contributed by atoms with Gasteiger partial charge in [0, 0.05) is 19.6 Å². The molecule has 3 heteroatoms. The SMILES string of the molecule is CCCCCCC(CCCOC)C(N)=O. The smallest absolute Gasteiger partial charge is 0.220 e. The Kier molecular flexibility index (Phi) is 9.59. The van der Waals surface area contributed by atoms with Crippen molar-refractivity contribution in [2.24, 2.45) is 11.7 Å². The zero-order valence-corrected chi connectivity index (χ0v) is 10.1. The lowest BCUT2D eigenvalue weighted by Crippen LogP contribution is -2.23. The molecule has 15 heavy (non-hydrogen) atoms. The van der Waals surface area contributed by atoms with Gasteiger partial charge in [-0.15, -0.1) is 0 Å². The van der Waals surface area contributed by atoms with Gasteiger partial charge in [0.1, 0.15) is 0 Å². The predicted molar refractivity (Wildman–Crippen MR) is 62.6 cm³/mol. The van der Waals surface area contributed by atoms with Crippen LogP contribution >= 0.6 is 0 Å². The number of hydrogen-bond donors (Lipinski definition) is 1. The first-order chi connectivity index (χ1) is 7.22. The number of hydrogen-bond acceptors (Lipinski definition) is 2. The van der Waals surface area contributed by atoms with E-state index in [0.29, 0.717) is 0 Å². The zero-order valence-electron chi connectivity index (χ0n) is 10.1. The molecule has 0 fully saturated rings. The molecule has 2 N–H and O–H groups in total. The van der Waals surface area contributed by atoms with Crippen LogP contribution in [0.25, 0.3) is 0 Å². The van der Waals surface area contributed by atoms with Gasteiger partial charge in [0.15, 0.2) is 0 Å². The lowest BCUT2D eigenvalue weighted by atomic mass is 9.95. The van der Waals surface area contributed by atoms with Crippen LogP contribution in [0.1, 0.15) is 51.9 Å². The third-order valence-corrected chi connectivity index (χ3v) is 2.71. The minimum Gasteiger partial charge on any atom is -0.385 e. The van der Waals surface area contributed by atoms with Gasteiger partial charge in [0.25, 0.3) is 0 Å². The Bertz CT molecular complexity index is 160. The van der Waals surface area contributed by atoms with E-state index < -0.39 is 0 Å². The van der Waals surface area contributed by atoms with Crippen molar-refractivity contribution >= 4 is 5.91 Å². The number of carbonyl (C=O) groups is 1. The van der Waals surface area contributed by atoms with Gasteiger partial charge in [0.2, 0.25) is 5.91 Å². The van der Waals surface area contributed by atoms with Crippen LogP contribution in [0.2, 0.25) is 0 Å². The largest absolute Gasteiger partial charge is 0.385 e. The lowest BCUT2D eigenvalue weighted by Gasteiger charge is -2.12. The molecule has 1 amide bonds. The van der Waals surface area contributed by atoms with Crippen molar-refractivity contribution in [2.45, 2.75) is 51.9 Å². The van der Waals surface area contributed by atoms with Gasteiger partial charge in [-0.05, 0) is 19.3 Å². The predicted octanol–water partition coefficient (Wildman–Crippen LogP) is 2.48. The molecule has 0 saturated heterocycles. The lowest BCUT2D eigenvalue weighted by molar-refractivity contribution is -0.122. The van der Waals surface area contributed by atoms with E-state index in [2.05, 4.69) is 6.92 Å². The highest BCUT2D eigenvalue weighted by Gasteiger charge is 2.13. The van der Waals surface area contributed by atoms with Crippen molar-refractivity contribution in [1.82, 2.24) is 0 Å². The molecule has 0 radical (unpaired) electrons. The molecule has 0 spiro atoms. The normalized spacial score (nSPS) is 12.7. The van der Waals surface area contributed by atoms with Crippen LogP contribution in [-0.2, 0) is 9.53 Å². The summed E-state index contributed by atoms with van der Waals surface area (Å²) < 4.78 is 4.96. The van der Waals surface area contributed by atoms with Gasteiger partial charge in [-0.2, -0.15) is 0 Å². The van der Waals surface area contributed by atoms with E-state index >= 15 is 0 Å². The highest BCUT2D eigenvalue weighted by Crippen LogP contribution is 2.15. The summed E-state index contributed by atoms with van der Waals surface area (Å²) in [5.41, 5.74) is 5.35. The summed E-state index contributed by atoms with van der Waals surface area (Å²) in [6, 6.07) is 0. The van der Waals surface area contributed by atoms with Crippen LogP contribution in [0.4, 0.5) is 0 Å². The first-order valence-electron chi connectivity index (χ1n) is 6.00. The average molecular weight is 215 g/mol. The van der Waals surface area contributed by atoms with E-state index in [4.69, 9.17) is 10.5 Å². The van der Waals surface area contributed by atoms with Crippen molar-refractivity contribution in [2.75, 3.05) is 13.7 Å². The Morgan fingerprint density at radius 1 is 1.20 bits per heavy atom. The third-order valence-electron chi connectivity index (χ3n) is 2.71. The topological polar surface area (TPSA) is 52.3 Å². The van der Waals surface area contributed by atoms with Crippen molar-refractivity contribution in [3.63, 3.8) is 0 Å². The summed E-state index contributed by atoms with van der Waals surface area (Å²) >= 11 is 0. The number of amides is 1. The summed E-state index contributed by atoms with van der Waals surface area (Å²) in [4.78, 5) is 11.1. The number of ether oxygens (including phenoxy) is 1. The number of rotatable bonds is 10. The fourth-order valence-corrected chi connectivity index (χ4v) is 1.72. The molecule has 3 nitrogen and oxygen atoms in total. The molecule has 0 aromatic rings. The van der Waals surface area contributed by atoms with Crippen molar-refractivity contribution < 1.29 is 9.53 Å². The van der Waals surface area contributed by atoms with E-state index in [1.807, 2.05) is 0 Å². The Morgan fingerprint density at radius 2 is 1.87 bits per heavy atom. The minimum absolute atomic E-state index is 0.0528. The summed E-state index contributed by atoms with van der Waals surface area (Å²) in [5.74, 6) is -0.0976. The number of nitrogens with two attached hydrogens (primary N) is 1. The van der Waals surface area contributed by atoms with E-state index in [9.17, 15) is 4.79 Å². The summed E-state index contributed by atoms with van der Waals surface area (Å²) in [7, 11) is 1.68. The molecule has 0 saturated carbocycles. The quantitative estimate of drug-likeness (QED) is 0.569. The molecule has 0 aliphatic rings. The average Bonchev–Trinajstić information content (AvgIpc) is 2.21. The summed E-state index contributed by atoms with van der Waals surface area (Å²) in [6.45, 7) is 2.91. The molecule has 0 aliphatic heterocycles. The van der Waals surface area contributed by atoms with E-state index in [1.54, 1.807) is 7.11 Å². The maximum atomic E-state index is 11.1. The summed E-state index contributed by atoms with van der Waals surface area (Å²) in [5, 5.41) is 0. The first-order valence-corrected chi connectivity index (χ1v) is 6.00. The van der Waals surface area contributed by atoms with Crippen LogP contribution < -0.4 is 5.73 Å². The van der Waals surface area contributed by atoms with Crippen LogP contribution in [0, 0.1) is 5.92 Å². The highest BCUT2D eigenvalue weighted by molar-refractivity contribution is 5.76. The highest BCUT2D eigenvalue weighted by atomic mass is 16.5. The Hall–Kier alpha value is -0.570. The molecule has 0 aromatic carbocycles. The fraction of sp³-hybridized carbons (Fsp3) is 0.917. The van der Waals surface area contributed by atoms with E-state index in [0.717, 1.165) is 32.3 Å². The van der Waals surface area contributed by atoms with Crippen molar-refractivity contribution in [3.05, 3.63) is 0 Å². The van der Waals surface area contributed by atoms with Gasteiger partial charge < -0.3 is 10.5 Å². The van der Waals surface area contributed by atoms with Gasteiger partial charge in [0.05, 0.1) is 0 Å². The second kappa shape index (κ2) is 9.97. The number of carbonyl (C=O) groups excluding carboxylic acids is 1. The van der Waals surface area contributed by atoms with E-state index in [-0.39, 0.29) is 11.8 Å². The Morgan fingerprint density at radius 3 is 2.40 bits per heavy atom. The Labute approximate surface area is 93.4 Å². The molecule has 0 aliphatic carbocycles. The van der Waals surface area contributed by atoms with E-state index in [1.165, 1.54) is 19.3 Å². The van der Waals surface area contributed by atoms with Crippen LogP contribution in [0.15, 0.2) is 0 Å². The summed E-state index contributed by atoms with van der Waals surface area (Å²) in [6.07, 6.45) is 7.56.